The monoisotopic (exact) mass is 500 g/mol. The highest BCUT2D eigenvalue weighted by atomic mass is 16.5. The second-order valence-corrected chi connectivity index (χ2v) is 10.5. The summed E-state index contributed by atoms with van der Waals surface area (Å²) in [6, 6.07) is 25.0. The van der Waals surface area contributed by atoms with Crippen molar-refractivity contribution in [3.05, 3.63) is 101 Å². The Balaban J connectivity index is 1.93. The molecule has 0 bridgehead atoms. The second kappa shape index (κ2) is 13.1. The minimum Gasteiger partial charge on any atom is -0.483 e. The minimum absolute atomic E-state index is 0.128. The average molecular weight is 501 g/mol. The van der Waals surface area contributed by atoms with Gasteiger partial charge in [0.15, 0.2) is 6.61 Å². The number of benzene rings is 3. The average Bonchev–Trinajstić information content (AvgIpc) is 2.88. The number of carbonyl (C=O) groups is 2. The van der Waals surface area contributed by atoms with Crippen LogP contribution in [0.4, 0.5) is 0 Å². The molecular formula is C32H40N2O3. The number of rotatable bonds is 11. The van der Waals surface area contributed by atoms with Crippen molar-refractivity contribution in [2.45, 2.75) is 65.5 Å². The lowest BCUT2D eigenvalue weighted by atomic mass is 9.86. The van der Waals surface area contributed by atoms with Crippen molar-refractivity contribution in [3.8, 4) is 5.75 Å². The zero-order chi connectivity index (χ0) is 26.8. The lowest BCUT2D eigenvalue weighted by molar-refractivity contribution is -0.142. The third kappa shape index (κ3) is 8.21. The van der Waals surface area contributed by atoms with Gasteiger partial charge in [-0.3, -0.25) is 9.59 Å². The maximum absolute atomic E-state index is 13.8. The quantitative estimate of drug-likeness (QED) is 0.360. The Bertz CT molecular complexity index is 1170. The van der Waals surface area contributed by atoms with Crippen molar-refractivity contribution in [1.29, 1.82) is 0 Å². The van der Waals surface area contributed by atoms with Crippen molar-refractivity contribution in [2.24, 2.45) is 0 Å². The molecule has 0 aliphatic carbocycles. The smallest absolute Gasteiger partial charge is 0.261 e. The first kappa shape index (κ1) is 28.0. The number of nitrogens with one attached hydrogen (secondary N) is 1. The fraction of sp³-hybridized carbons (Fsp3) is 0.375. The van der Waals surface area contributed by atoms with Crippen LogP contribution < -0.4 is 10.1 Å². The zero-order valence-corrected chi connectivity index (χ0v) is 22.8. The number of amides is 2. The van der Waals surface area contributed by atoms with Crippen LogP contribution in [-0.2, 0) is 28.0 Å². The van der Waals surface area contributed by atoms with Crippen LogP contribution in [0.5, 0.6) is 5.75 Å². The van der Waals surface area contributed by atoms with Crippen molar-refractivity contribution in [1.82, 2.24) is 10.2 Å². The van der Waals surface area contributed by atoms with Crippen LogP contribution in [0.3, 0.4) is 0 Å². The molecule has 0 aliphatic heterocycles. The lowest BCUT2D eigenvalue weighted by Gasteiger charge is -2.32. The van der Waals surface area contributed by atoms with Crippen molar-refractivity contribution in [3.63, 3.8) is 0 Å². The van der Waals surface area contributed by atoms with Gasteiger partial charge in [-0.05, 0) is 41.5 Å². The number of hydrogen-bond acceptors (Lipinski definition) is 3. The summed E-state index contributed by atoms with van der Waals surface area (Å²) in [5.74, 6) is 0.313. The van der Waals surface area contributed by atoms with Gasteiger partial charge in [0.1, 0.15) is 11.8 Å². The molecule has 0 saturated carbocycles. The molecule has 0 spiro atoms. The largest absolute Gasteiger partial charge is 0.483 e. The van der Waals surface area contributed by atoms with E-state index in [1.165, 1.54) is 0 Å². The zero-order valence-electron chi connectivity index (χ0n) is 22.8. The molecule has 3 aromatic rings. The van der Waals surface area contributed by atoms with Crippen molar-refractivity contribution >= 4 is 11.8 Å². The van der Waals surface area contributed by atoms with E-state index < -0.39 is 6.04 Å². The van der Waals surface area contributed by atoms with Gasteiger partial charge in [0.05, 0.1) is 0 Å². The SMILES string of the molecule is CCCNC(=O)C(Cc1ccccc1)N(Cc1cccc(C)c1)C(=O)COc1ccccc1C(C)(C)C. The summed E-state index contributed by atoms with van der Waals surface area (Å²) >= 11 is 0. The molecule has 0 heterocycles. The van der Waals surface area contributed by atoms with Gasteiger partial charge in [0.2, 0.25) is 5.91 Å². The lowest BCUT2D eigenvalue weighted by Crippen LogP contribution is -2.51. The molecule has 3 rings (SSSR count). The van der Waals surface area contributed by atoms with E-state index in [1.807, 2.05) is 86.6 Å². The van der Waals surface area contributed by atoms with Crippen LogP contribution in [-0.4, -0.2) is 35.9 Å². The highest BCUT2D eigenvalue weighted by Gasteiger charge is 2.31. The van der Waals surface area contributed by atoms with Crippen molar-refractivity contribution in [2.75, 3.05) is 13.2 Å². The number of nitrogens with zero attached hydrogens (tertiary/aromatic N) is 1. The summed E-state index contributed by atoms with van der Waals surface area (Å²) in [5.41, 5.74) is 3.99. The predicted octanol–water partition coefficient (Wildman–Crippen LogP) is 5.84. The molecule has 0 fully saturated rings. The fourth-order valence-corrected chi connectivity index (χ4v) is 4.36. The van der Waals surface area contributed by atoms with Gasteiger partial charge in [-0.1, -0.05) is 106 Å². The van der Waals surface area contributed by atoms with Gasteiger partial charge >= 0.3 is 0 Å². The van der Waals surface area contributed by atoms with E-state index in [-0.39, 0.29) is 23.8 Å². The van der Waals surface area contributed by atoms with E-state index in [4.69, 9.17) is 4.74 Å². The third-order valence-electron chi connectivity index (χ3n) is 6.30. The maximum atomic E-state index is 13.8. The van der Waals surface area contributed by atoms with Crippen molar-refractivity contribution < 1.29 is 14.3 Å². The number of hydrogen-bond donors (Lipinski definition) is 1. The van der Waals surface area contributed by atoms with Crippen LogP contribution in [0.25, 0.3) is 0 Å². The first-order valence-corrected chi connectivity index (χ1v) is 13.1. The summed E-state index contributed by atoms with van der Waals surface area (Å²) in [4.78, 5) is 28.9. The maximum Gasteiger partial charge on any atom is 0.261 e. The summed E-state index contributed by atoms with van der Waals surface area (Å²) < 4.78 is 6.11. The summed E-state index contributed by atoms with van der Waals surface area (Å²) in [6.45, 7) is 11.1. The first-order chi connectivity index (χ1) is 17.7. The van der Waals surface area contributed by atoms with E-state index in [2.05, 4.69) is 32.2 Å². The Hall–Kier alpha value is -3.60. The van der Waals surface area contributed by atoms with E-state index in [0.717, 1.165) is 28.7 Å². The number of aryl methyl sites for hydroxylation is 1. The molecule has 1 unspecified atom stereocenters. The van der Waals surface area contributed by atoms with Crippen LogP contribution in [0.2, 0.25) is 0 Å². The molecule has 3 aromatic carbocycles. The molecule has 37 heavy (non-hydrogen) atoms. The third-order valence-corrected chi connectivity index (χ3v) is 6.30. The Kier molecular flexibility index (Phi) is 9.90. The molecule has 5 heteroatoms. The van der Waals surface area contributed by atoms with Crippen LogP contribution in [0.15, 0.2) is 78.9 Å². The summed E-state index contributed by atoms with van der Waals surface area (Å²) in [6.07, 6.45) is 1.24. The van der Waals surface area contributed by atoms with E-state index >= 15 is 0 Å². The highest BCUT2D eigenvalue weighted by Crippen LogP contribution is 2.31. The Morgan fingerprint density at radius 3 is 2.27 bits per heavy atom. The molecule has 196 valence electrons. The van der Waals surface area contributed by atoms with Crippen LogP contribution >= 0.6 is 0 Å². The second-order valence-electron chi connectivity index (χ2n) is 10.5. The molecule has 0 radical (unpaired) electrons. The standard InChI is InChI=1S/C32H40N2O3/c1-6-19-33-31(36)28(21-25-14-8-7-9-15-25)34(22-26-16-12-13-24(2)20-26)30(35)23-37-29-18-11-10-17-27(29)32(3,4)5/h7-18,20,28H,6,19,21-23H2,1-5H3,(H,33,36). The normalized spacial score (nSPS) is 12.0. The molecular weight excluding hydrogens is 460 g/mol. The van der Waals surface area contributed by atoms with Gasteiger partial charge < -0.3 is 15.0 Å². The van der Waals surface area contributed by atoms with Gasteiger partial charge in [-0.2, -0.15) is 0 Å². The number of ether oxygens (including phenoxy) is 1. The minimum atomic E-state index is -0.663. The molecule has 1 N–H and O–H groups in total. The molecule has 0 saturated heterocycles. The van der Waals surface area contributed by atoms with E-state index in [1.54, 1.807) is 4.90 Å². The topological polar surface area (TPSA) is 58.6 Å². The highest BCUT2D eigenvalue weighted by molar-refractivity contribution is 5.88. The van der Waals surface area contributed by atoms with E-state index in [9.17, 15) is 9.59 Å². The summed E-state index contributed by atoms with van der Waals surface area (Å²) in [7, 11) is 0. The Labute approximate surface area is 221 Å². The fourth-order valence-electron chi connectivity index (χ4n) is 4.36. The van der Waals surface area contributed by atoms with Gasteiger partial charge in [0, 0.05) is 19.5 Å². The molecule has 2 amide bonds. The Morgan fingerprint density at radius 1 is 0.919 bits per heavy atom. The first-order valence-electron chi connectivity index (χ1n) is 13.1. The van der Waals surface area contributed by atoms with Crippen LogP contribution in [0, 0.1) is 6.92 Å². The summed E-state index contributed by atoms with van der Waals surface area (Å²) in [5, 5.41) is 3.01. The molecule has 0 aliphatic rings. The predicted molar refractivity (Wildman–Crippen MR) is 150 cm³/mol. The molecule has 0 aromatic heterocycles. The molecule has 1 atom stereocenters. The number of carbonyl (C=O) groups excluding carboxylic acids is 2. The van der Waals surface area contributed by atoms with Crippen LogP contribution in [0.1, 0.15) is 56.4 Å². The van der Waals surface area contributed by atoms with E-state index in [0.29, 0.717) is 25.3 Å². The van der Waals surface area contributed by atoms with Gasteiger partial charge in [-0.25, -0.2) is 0 Å². The van der Waals surface area contributed by atoms with Gasteiger partial charge in [-0.15, -0.1) is 0 Å². The Morgan fingerprint density at radius 2 is 1.59 bits per heavy atom. The molecule has 5 nitrogen and oxygen atoms in total. The number of para-hydroxylation sites is 1. The van der Waals surface area contributed by atoms with Gasteiger partial charge in [0.25, 0.3) is 5.91 Å².